The van der Waals surface area contributed by atoms with E-state index in [-0.39, 0.29) is 24.2 Å². The lowest BCUT2D eigenvalue weighted by atomic mass is 10.0. The van der Waals surface area contributed by atoms with Gasteiger partial charge in [-0.15, -0.1) is 0 Å². The molecule has 0 aromatic heterocycles. The molecule has 0 unspecified atom stereocenters. The van der Waals surface area contributed by atoms with Crippen molar-refractivity contribution >= 4 is 11.9 Å². The Kier molecular flexibility index (Phi) is 3.79. The summed E-state index contributed by atoms with van der Waals surface area (Å²) in [5.41, 5.74) is 5.97. The number of fused-ring (bicyclic) bond motifs is 1. The number of nitrogens with two attached hydrogens (primary N) is 1. The van der Waals surface area contributed by atoms with Gasteiger partial charge < -0.3 is 25.4 Å². The summed E-state index contributed by atoms with van der Waals surface area (Å²) in [5.74, 6) is 1.07. The Morgan fingerprint density at radius 2 is 2.17 bits per heavy atom. The molecule has 23 heavy (non-hydrogen) atoms. The van der Waals surface area contributed by atoms with Crippen LogP contribution in [0.15, 0.2) is 18.2 Å². The third kappa shape index (κ3) is 3.33. The zero-order chi connectivity index (χ0) is 16.6. The van der Waals surface area contributed by atoms with E-state index in [9.17, 15) is 9.59 Å². The highest BCUT2D eigenvalue weighted by molar-refractivity contribution is 5.79. The topological polar surface area (TPSA) is 93.9 Å². The number of para-hydroxylation sites is 1. The summed E-state index contributed by atoms with van der Waals surface area (Å²) in [7, 11) is 0. The summed E-state index contributed by atoms with van der Waals surface area (Å²) < 4.78 is 11.5. The molecule has 1 aromatic carbocycles. The Bertz CT molecular complexity index is 638. The minimum absolute atomic E-state index is 0.0599. The van der Waals surface area contributed by atoms with Crippen LogP contribution >= 0.6 is 0 Å². The first-order valence-electron chi connectivity index (χ1n) is 7.61. The summed E-state index contributed by atoms with van der Waals surface area (Å²) in [4.78, 5) is 24.3. The van der Waals surface area contributed by atoms with Crippen molar-refractivity contribution in [1.29, 1.82) is 0 Å². The fraction of sp³-hybridized carbons (Fsp3) is 0.500. The Balaban J connectivity index is 1.51. The van der Waals surface area contributed by atoms with E-state index >= 15 is 0 Å². The summed E-state index contributed by atoms with van der Waals surface area (Å²) >= 11 is 0. The van der Waals surface area contributed by atoms with Crippen LogP contribution in [0.3, 0.4) is 0 Å². The number of ether oxygens (including phenoxy) is 2. The number of urea groups is 1. The second-order valence-corrected chi connectivity index (χ2v) is 6.58. The van der Waals surface area contributed by atoms with E-state index in [2.05, 4.69) is 5.32 Å². The molecule has 3 N–H and O–H groups in total. The van der Waals surface area contributed by atoms with Crippen molar-refractivity contribution in [3.05, 3.63) is 23.8 Å². The van der Waals surface area contributed by atoms with Crippen LogP contribution in [0.5, 0.6) is 11.5 Å². The van der Waals surface area contributed by atoms with Crippen LogP contribution in [0, 0.1) is 0 Å². The molecular formula is C16H21N3O4. The maximum Gasteiger partial charge on any atom is 0.314 e. The number of nitrogens with zero attached hydrogens (tertiary/aromatic N) is 1. The first kappa shape index (κ1) is 15.5. The van der Waals surface area contributed by atoms with Gasteiger partial charge >= 0.3 is 6.03 Å². The van der Waals surface area contributed by atoms with Crippen molar-refractivity contribution in [2.75, 3.05) is 19.7 Å². The number of carbonyl (C=O) groups is 2. The molecule has 0 bridgehead atoms. The van der Waals surface area contributed by atoms with Crippen molar-refractivity contribution < 1.29 is 19.1 Å². The number of likely N-dealkylation sites (tertiary alicyclic amines) is 1. The predicted molar refractivity (Wildman–Crippen MR) is 83.4 cm³/mol. The highest BCUT2D eigenvalue weighted by atomic mass is 16.5. The molecule has 0 atom stereocenters. The second-order valence-electron chi connectivity index (χ2n) is 6.58. The number of primary amides is 1. The summed E-state index contributed by atoms with van der Waals surface area (Å²) in [5, 5.41) is 2.80. The number of nitrogens with one attached hydrogen (secondary N) is 1. The zero-order valence-electron chi connectivity index (χ0n) is 13.3. The molecule has 2 heterocycles. The Labute approximate surface area is 134 Å². The molecule has 7 heteroatoms. The summed E-state index contributed by atoms with van der Waals surface area (Å²) in [6, 6.07) is 5.17. The zero-order valence-corrected chi connectivity index (χ0v) is 13.3. The molecule has 124 valence electrons. The van der Waals surface area contributed by atoms with Crippen molar-refractivity contribution in [3.63, 3.8) is 0 Å². The predicted octanol–water partition coefficient (Wildman–Crippen LogP) is 0.658. The van der Waals surface area contributed by atoms with Crippen LogP contribution in [0.4, 0.5) is 4.79 Å². The molecule has 2 aliphatic heterocycles. The second kappa shape index (κ2) is 5.64. The Hall–Kier alpha value is -2.44. The SMILES string of the molecule is CC1(C)Cc2cccc(OCC(=O)NC3CN(C(N)=O)C3)c2O1. The van der Waals surface area contributed by atoms with Crippen LogP contribution in [-0.2, 0) is 11.2 Å². The smallest absolute Gasteiger partial charge is 0.314 e. The number of rotatable bonds is 4. The number of hydrogen-bond donors (Lipinski definition) is 2. The third-order valence-corrected chi connectivity index (χ3v) is 3.97. The van der Waals surface area contributed by atoms with Gasteiger partial charge in [0, 0.05) is 25.1 Å². The van der Waals surface area contributed by atoms with Crippen molar-refractivity contribution in [2.45, 2.75) is 31.9 Å². The molecular weight excluding hydrogens is 298 g/mol. The molecule has 0 aliphatic carbocycles. The molecule has 2 aliphatic rings. The number of amides is 3. The number of benzene rings is 1. The van der Waals surface area contributed by atoms with E-state index in [1.54, 1.807) is 6.07 Å². The average molecular weight is 319 g/mol. The first-order valence-corrected chi connectivity index (χ1v) is 7.61. The fourth-order valence-electron chi connectivity index (χ4n) is 2.86. The van der Waals surface area contributed by atoms with E-state index in [0.717, 1.165) is 12.0 Å². The molecule has 1 fully saturated rings. The van der Waals surface area contributed by atoms with Crippen molar-refractivity contribution in [3.8, 4) is 11.5 Å². The van der Waals surface area contributed by atoms with Gasteiger partial charge in [0.2, 0.25) is 0 Å². The first-order chi connectivity index (χ1) is 10.8. The van der Waals surface area contributed by atoms with Gasteiger partial charge in [0.15, 0.2) is 18.1 Å². The van der Waals surface area contributed by atoms with Gasteiger partial charge in [0.1, 0.15) is 5.60 Å². The van der Waals surface area contributed by atoms with E-state index in [1.807, 2.05) is 26.0 Å². The minimum atomic E-state index is -0.466. The van der Waals surface area contributed by atoms with Crippen LogP contribution in [0.25, 0.3) is 0 Å². The highest BCUT2D eigenvalue weighted by Crippen LogP contribution is 2.41. The van der Waals surface area contributed by atoms with Crippen LogP contribution in [0.2, 0.25) is 0 Å². The van der Waals surface area contributed by atoms with E-state index in [4.69, 9.17) is 15.2 Å². The lowest BCUT2D eigenvalue weighted by Gasteiger charge is -2.38. The van der Waals surface area contributed by atoms with Crippen LogP contribution in [0.1, 0.15) is 19.4 Å². The highest BCUT2D eigenvalue weighted by Gasteiger charge is 2.33. The molecule has 3 rings (SSSR count). The summed E-state index contributed by atoms with van der Waals surface area (Å²) in [6.45, 7) is 4.83. The third-order valence-electron chi connectivity index (χ3n) is 3.97. The van der Waals surface area contributed by atoms with Crippen molar-refractivity contribution in [2.24, 2.45) is 5.73 Å². The maximum atomic E-state index is 11.9. The van der Waals surface area contributed by atoms with Crippen molar-refractivity contribution in [1.82, 2.24) is 10.2 Å². The van der Waals surface area contributed by atoms with E-state index < -0.39 is 6.03 Å². The summed E-state index contributed by atoms with van der Waals surface area (Å²) in [6.07, 6.45) is 0.816. The molecule has 3 amide bonds. The maximum absolute atomic E-state index is 11.9. The molecule has 7 nitrogen and oxygen atoms in total. The Morgan fingerprint density at radius 3 is 2.87 bits per heavy atom. The van der Waals surface area contributed by atoms with Crippen LogP contribution < -0.4 is 20.5 Å². The normalized spacial score (nSPS) is 18.6. The molecule has 0 saturated carbocycles. The van der Waals surface area contributed by atoms with E-state index in [0.29, 0.717) is 24.6 Å². The fourth-order valence-corrected chi connectivity index (χ4v) is 2.86. The average Bonchev–Trinajstić information content (AvgIpc) is 2.73. The molecule has 0 radical (unpaired) electrons. The standard InChI is InChI=1S/C16H21N3O4/c1-16(2)6-10-4-3-5-12(14(10)23-16)22-9-13(20)18-11-7-19(8-11)15(17)21/h3-5,11H,6-9H2,1-2H3,(H2,17,21)(H,18,20). The number of hydrogen-bond acceptors (Lipinski definition) is 4. The van der Waals surface area contributed by atoms with Gasteiger partial charge in [0.05, 0.1) is 6.04 Å². The van der Waals surface area contributed by atoms with E-state index in [1.165, 1.54) is 4.90 Å². The quantitative estimate of drug-likeness (QED) is 0.852. The van der Waals surface area contributed by atoms with Gasteiger partial charge in [-0.2, -0.15) is 0 Å². The largest absolute Gasteiger partial charge is 0.483 e. The van der Waals surface area contributed by atoms with Gasteiger partial charge in [-0.1, -0.05) is 12.1 Å². The number of carbonyl (C=O) groups excluding carboxylic acids is 2. The van der Waals surface area contributed by atoms with Gasteiger partial charge in [-0.05, 0) is 19.9 Å². The van der Waals surface area contributed by atoms with Gasteiger partial charge in [-0.25, -0.2) is 4.79 Å². The Morgan fingerprint density at radius 1 is 1.43 bits per heavy atom. The molecule has 0 spiro atoms. The monoisotopic (exact) mass is 319 g/mol. The van der Waals surface area contributed by atoms with Gasteiger partial charge in [0.25, 0.3) is 5.91 Å². The molecule has 1 saturated heterocycles. The molecule has 1 aromatic rings. The lowest BCUT2D eigenvalue weighted by molar-refractivity contribution is -0.124. The lowest BCUT2D eigenvalue weighted by Crippen LogP contribution is -2.62. The van der Waals surface area contributed by atoms with Gasteiger partial charge in [-0.3, -0.25) is 4.79 Å². The van der Waals surface area contributed by atoms with Crippen LogP contribution in [-0.4, -0.2) is 48.2 Å². The minimum Gasteiger partial charge on any atom is -0.483 e.